The standard InChI is InChI=1S/C19H18FN5O2S/c1-2-4-14-23-17(21-8-11-5-3-6-12(20)7-11)15-18(24-14)25(10-22-15)19-16(27)13(26)9-28-19/h3,5-7,10,13,16,19,26-27H,8-9H2,1H3,(H,21,23,24)/t13-,16-,19-/m1/s1. The number of nitrogens with zero attached hydrogens (tertiary/aromatic N) is 4. The van der Waals surface area contributed by atoms with Crippen LogP contribution in [0.4, 0.5) is 10.2 Å². The van der Waals surface area contributed by atoms with E-state index in [1.165, 1.54) is 23.9 Å². The molecule has 3 aromatic rings. The van der Waals surface area contributed by atoms with Crippen molar-refractivity contribution in [2.45, 2.75) is 31.1 Å². The van der Waals surface area contributed by atoms with Crippen LogP contribution >= 0.6 is 11.8 Å². The van der Waals surface area contributed by atoms with E-state index in [9.17, 15) is 14.6 Å². The van der Waals surface area contributed by atoms with Gasteiger partial charge in [0.25, 0.3) is 0 Å². The van der Waals surface area contributed by atoms with Gasteiger partial charge in [0.1, 0.15) is 17.3 Å². The quantitative estimate of drug-likeness (QED) is 0.577. The number of aliphatic hydroxyl groups excluding tert-OH is 2. The first kappa shape index (κ1) is 18.7. The minimum Gasteiger partial charge on any atom is -0.389 e. The number of imidazole rings is 1. The number of rotatable bonds is 4. The highest BCUT2D eigenvalue weighted by Gasteiger charge is 2.36. The Morgan fingerprint density at radius 1 is 1.36 bits per heavy atom. The van der Waals surface area contributed by atoms with Gasteiger partial charge in [-0.2, -0.15) is 0 Å². The zero-order valence-electron chi connectivity index (χ0n) is 15.0. The molecule has 0 spiro atoms. The van der Waals surface area contributed by atoms with Gasteiger partial charge >= 0.3 is 0 Å². The molecule has 0 unspecified atom stereocenters. The van der Waals surface area contributed by atoms with Crippen molar-refractivity contribution in [3.8, 4) is 11.8 Å². The summed E-state index contributed by atoms with van der Waals surface area (Å²) in [6.07, 6.45) is -0.133. The average Bonchev–Trinajstić information content (AvgIpc) is 3.24. The van der Waals surface area contributed by atoms with Crippen LogP contribution in [0.15, 0.2) is 30.6 Å². The molecule has 2 aromatic heterocycles. The highest BCUT2D eigenvalue weighted by Crippen LogP contribution is 2.38. The number of anilines is 1. The molecule has 1 aromatic carbocycles. The summed E-state index contributed by atoms with van der Waals surface area (Å²) >= 11 is 1.43. The number of aliphatic hydroxyl groups is 2. The molecular weight excluding hydrogens is 381 g/mol. The van der Waals surface area contributed by atoms with Crippen LogP contribution < -0.4 is 5.32 Å². The van der Waals surface area contributed by atoms with E-state index in [0.717, 1.165) is 5.56 Å². The third kappa shape index (κ3) is 3.54. The molecule has 0 radical (unpaired) electrons. The first-order chi connectivity index (χ1) is 13.6. The van der Waals surface area contributed by atoms with Gasteiger partial charge in [0.15, 0.2) is 17.0 Å². The van der Waals surface area contributed by atoms with Crippen LogP contribution in [0.1, 0.15) is 23.7 Å². The van der Waals surface area contributed by atoms with Gasteiger partial charge in [-0.05, 0) is 30.5 Å². The van der Waals surface area contributed by atoms with Crippen molar-refractivity contribution in [1.82, 2.24) is 19.5 Å². The minimum absolute atomic E-state index is 0.306. The summed E-state index contributed by atoms with van der Waals surface area (Å²) in [5, 5.41) is 22.9. The van der Waals surface area contributed by atoms with Crippen LogP contribution in [0.3, 0.4) is 0 Å². The lowest BCUT2D eigenvalue weighted by Crippen LogP contribution is -2.27. The summed E-state index contributed by atoms with van der Waals surface area (Å²) in [6.45, 7) is 2.05. The van der Waals surface area contributed by atoms with Crippen LogP contribution in [-0.2, 0) is 6.54 Å². The van der Waals surface area contributed by atoms with Gasteiger partial charge in [0, 0.05) is 12.3 Å². The maximum atomic E-state index is 13.4. The molecule has 1 fully saturated rings. The van der Waals surface area contributed by atoms with E-state index in [1.807, 2.05) is 6.07 Å². The summed E-state index contributed by atoms with van der Waals surface area (Å²) in [6, 6.07) is 6.30. The molecule has 144 valence electrons. The highest BCUT2D eigenvalue weighted by molar-refractivity contribution is 7.99. The lowest BCUT2D eigenvalue weighted by atomic mass is 10.2. The molecule has 3 atom stereocenters. The van der Waals surface area contributed by atoms with Crippen molar-refractivity contribution in [1.29, 1.82) is 0 Å². The molecule has 1 aliphatic heterocycles. The van der Waals surface area contributed by atoms with Crippen molar-refractivity contribution in [2.75, 3.05) is 11.1 Å². The normalized spacial score (nSPS) is 21.5. The van der Waals surface area contributed by atoms with Crippen molar-refractivity contribution >= 4 is 28.7 Å². The molecule has 0 aliphatic carbocycles. The lowest BCUT2D eigenvalue weighted by molar-refractivity contribution is 0.0313. The number of hydrogen-bond acceptors (Lipinski definition) is 7. The van der Waals surface area contributed by atoms with Gasteiger partial charge in [-0.25, -0.2) is 19.3 Å². The van der Waals surface area contributed by atoms with Crippen LogP contribution in [0, 0.1) is 17.7 Å². The lowest BCUT2D eigenvalue weighted by Gasteiger charge is -2.17. The Hall–Kier alpha value is -2.67. The molecule has 28 heavy (non-hydrogen) atoms. The largest absolute Gasteiger partial charge is 0.389 e. The third-order valence-electron chi connectivity index (χ3n) is 4.41. The molecule has 4 rings (SSSR count). The van der Waals surface area contributed by atoms with Gasteiger partial charge < -0.3 is 15.5 Å². The second kappa shape index (κ2) is 7.75. The van der Waals surface area contributed by atoms with E-state index in [0.29, 0.717) is 35.1 Å². The fraction of sp³-hybridized carbons (Fsp3) is 0.316. The Labute approximate surface area is 165 Å². The summed E-state index contributed by atoms with van der Waals surface area (Å²) in [7, 11) is 0. The number of hydrogen-bond donors (Lipinski definition) is 3. The molecule has 1 saturated heterocycles. The topological polar surface area (TPSA) is 96.1 Å². The van der Waals surface area contributed by atoms with E-state index in [-0.39, 0.29) is 5.82 Å². The number of nitrogens with one attached hydrogen (secondary N) is 1. The molecule has 0 amide bonds. The Morgan fingerprint density at radius 2 is 2.21 bits per heavy atom. The fourth-order valence-corrected chi connectivity index (χ4v) is 4.34. The van der Waals surface area contributed by atoms with Crippen LogP contribution in [-0.4, -0.2) is 47.7 Å². The zero-order valence-corrected chi connectivity index (χ0v) is 15.8. The molecule has 0 bridgehead atoms. The summed E-state index contributed by atoms with van der Waals surface area (Å²) < 4.78 is 15.2. The van der Waals surface area contributed by atoms with Crippen LogP contribution in [0.5, 0.6) is 0 Å². The third-order valence-corrected chi connectivity index (χ3v) is 5.79. The molecule has 1 aliphatic rings. The van der Waals surface area contributed by atoms with Crippen molar-refractivity contribution < 1.29 is 14.6 Å². The van der Waals surface area contributed by atoms with Gasteiger partial charge in [-0.3, -0.25) is 4.57 Å². The zero-order chi connectivity index (χ0) is 19.7. The minimum atomic E-state index is -0.915. The number of halogens is 1. The summed E-state index contributed by atoms with van der Waals surface area (Å²) in [4.78, 5) is 13.3. The molecule has 7 nitrogen and oxygen atoms in total. The second-order valence-corrected chi connectivity index (χ2v) is 7.51. The predicted molar refractivity (Wildman–Crippen MR) is 105 cm³/mol. The van der Waals surface area contributed by atoms with Gasteiger partial charge in [0.05, 0.1) is 12.4 Å². The summed E-state index contributed by atoms with van der Waals surface area (Å²) in [5.74, 6) is 6.54. The van der Waals surface area contributed by atoms with Gasteiger partial charge in [0.2, 0.25) is 5.82 Å². The van der Waals surface area contributed by atoms with Crippen molar-refractivity contribution in [2.24, 2.45) is 0 Å². The second-order valence-electron chi connectivity index (χ2n) is 6.36. The van der Waals surface area contributed by atoms with E-state index in [2.05, 4.69) is 32.1 Å². The smallest absolute Gasteiger partial charge is 0.208 e. The Bertz CT molecular complexity index is 1080. The number of fused-ring (bicyclic) bond motifs is 1. The van der Waals surface area contributed by atoms with Crippen molar-refractivity contribution in [3.63, 3.8) is 0 Å². The SMILES string of the molecule is CC#Cc1nc(NCc2cccc(F)c2)c2ncn([C@@H]3SC[C@@H](O)[C@H]3O)c2n1. The first-order valence-corrected chi connectivity index (χ1v) is 9.75. The Morgan fingerprint density at radius 3 is 2.93 bits per heavy atom. The number of thioether (sulfide) groups is 1. The van der Waals surface area contributed by atoms with Gasteiger partial charge in [-0.1, -0.05) is 18.1 Å². The maximum Gasteiger partial charge on any atom is 0.208 e. The monoisotopic (exact) mass is 399 g/mol. The molecule has 0 saturated carbocycles. The molecule has 9 heteroatoms. The molecular formula is C19H18FN5O2S. The first-order valence-electron chi connectivity index (χ1n) is 8.70. The van der Waals surface area contributed by atoms with Crippen LogP contribution in [0.25, 0.3) is 11.2 Å². The van der Waals surface area contributed by atoms with E-state index in [1.54, 1.807) is 23.9 Å². The van der Waals surface area contributed by atoms with Crippen LogP contribution in [0.2, 0.25) is 0 Å². The average molecular weight is 399 g/mol. The van der Waals surface area contributed by atoms with Gasteiger partial charge in [-0.15, -0.1) is 11.8 Å². The number of aromatic nitrogens is 4. The maximum absolute atomic E-state index is 13.4. The van der Waals surface area contributed by atoms with Crippen molar-refractivity contribution in [3.05, 3.63) is 47.8 Å². The highest BCUT2D eigenvalue weighted by atomic mass is 32.2. The van der Waals surface area contributed by atoms with E-state index in [4.69, 9.17) is 0 Å². The molecule has 3 N–H and O–H groups in total. The predicted octanol–water partition coefficient (Wildman–Crippen LogP) is 1.92. The number of benzene rings is 1. The Kier molecular flexibility index (Phi) is 5.17. The van der Waals surface area contributed by atoms with E-state index < -0.39 is 17.6 Å². The summed E-state index contributed by atoms with van der Waals surface area (Å²) in [5.41, 5.74) is 1.80. The Balaban J connectivity index is 1.72. The van der Waals surface area contributed by atoms with E-state index >= 15 is 0 Å². The molecule has 3 heterocycles. The fourth-order valence-electron chi connectivity index (χ4n) is 3.06.